The lowest BCUT2D eigenvalue weighted by Gasteiger charge is -2.42. The summed E-state index contributed by atoms with van der Waals surface area (Å²) < 4.78 is 5.56. The number of para-hydroxylation sites is 1. The van der Waals surface area contributed by atoms with Crippen molar-refractivity contribution in [2.75, 3.05) is 19.6 Å². The first kappa shape index (κ1) is 25.6. The van der Waals surface area contributed by atoms with Crippen LogP contribution in [0.3, 0.4) is 0 Å². The number of nitrogens with one attached hydrogen (secondary N) is 1. The van der Waals surface area contributed by atoms with Crippen LogP contribution < -0.4 is 10.1 Å². The molecule has 2 aromatic rings. The summed E-state index contributed by atoms with van der Waals surface area (Å²) >= 11 is 7.84. The van der Waals surface area contributed by atoms with Crippen molar-refractivity contribution in [3.63, 3.8) is 0 Å². The number of amides is 2. The third-order valence-corrected chi connectivity index (χ3v) is 8.14. The monoisotopic (exact) mass is 515 g/mol. The number of carbonyl (C=O) groups is 2. The van der Waals surface area contributed by atoms with Gasteiger partial charge in [-0.25, -0.2) is 4.79 Å². The summed E-state index contributed by atoms with van der Waals surface area (Å²) in [6.07, 6.45) is 7.34. The van der Waals surface area contributed by atoms with E-state index in [-0.39, 0.29) is 11.9 Å². The standard InChI is InChI=1S/C27H34ClN3O3S/c1-20(29-18-22-10-7-17-35-22)24-19-30(27(33)34-25-12-6-5-11-23(25)28)15-16-31(24)26(32)14-13-21-8-3-2-4-9-21/h5-7,10-12,17,21,24,29H,1-4,8-9,13-16,18-19H2. The minimum atomic E-state index is -0.469. The van der Waals surface area contributed by atoms with Crippen LogP contribution in [0.15, 0.2) is 54.1 Å². The first-order valence-electron chi connectivity index (χ1n) is 12.5. The molecule has 188 valence electrons. The molecule has 0 spiro atoms. The van der Waals surface area contributed by atoms with Crippen LogP contribution in [-0.2, 0) is 11.3 Å². The average molecular weight is 516 g/mol. The maximum atomic E-state index is 13.3. The number of carbonyl (C=O) groups excluding carboxylic acids is 2. The molecule has 1 atom stereocenters. The lowest BCUT2D eigenvalue weighted by atomic mass is 9.86. The van der Waals surface area contributed by atoms with Crippen LogP contribution in [0.5, 0.6) is 5.75 Å². The van der Waals surface area contributed by atoms with Crippen LogP contribution in [0, 0.1) is 5.92 Å². The van der Waals surface area contributed by atoms with Crippen molar-refractivity contribution in [2.24, 2.45) is 5.92 Å². The number of piperazine rings is 1. The minimum absolute atomic E-state index is 0.138. The van der Waals surface area contributed by atoms with E-state index in [2.05, 4.69) is 18.0 Å². The van der Waals surface area contributed by atoms with Gasteiger partial charge in [-0.1, -0.05) is 68.5 Å². The summed E-state index contributed by atoms with van der Waals surface area (Å²) in [6, 6.07) is 10.7. The van der Waals surface area contributed by atoms with Crippen molar-refractivity contribution >= 4 is 34.9 Å². The highest BCUT2D eigenvalue weighted by Crippen LogP contribution is 2.29. The van der Waals surface area contributed by atoms with Gasteiger partial charge in [0.15, 0.2) is 5.75 Å². The van der Waals surface area contributed by atoms with E-state index < -0.39 is 6.09 Å². The molecule has 1 aromatic heterocycles. The third kappa shape index (κ3) is 7.01. The number of ether oxygens (including phenoxy) is 1. The Morgan fingerprint density at radius 3 is 2.66 bits per heavy atom. The van der Waals surface area contributed by atoms with E-state index >= 15 is 0 Å². The van der Waals surface area contributed by atoms with Gasteiger partial charge in [-0.3, -0.25) is 4.79 Å². The van der Waals surface area contributed by atoms with Gasteiger partial charge in [0, 0.05) is 36.6 Å². The Morgan fingerprint density at radius 2 is 1.91 bits per heavy atom. The van der Waals surface area contributed by atoms with Crippen LogP contribution in [0.2, 0.25) is 5.02 Å². The molecule has 6 nitrogen and oxygen atoms in total. The number of rotatable bonds is 8. The van der Waals surface area contributed by atoms with Gasteiger partial charge < -0.3 is 19.9 Å². The molecule has 1 saturated carbocycles. The van der Waals surface area contributed by atoms with Gasteiger partial charge in [0.1, 0.15) is 0 Å². The molecular formula is C27H34ClN3O3S. The molecule has 2 amide bonds. The molecule has 1 aliphatic heterocycles. The van der Waals surface area contributed by atoms with Crippen molar-refractivity contribution < 1.29 is 14.3 Å². The summed E-state index contributed by atoms with van der Waals surface area (Å²) in [7, 11) is 0. The maximum Gasteiger partial charge on any atom is 0.415 e. The van der Waals surface area contributed by atoms with Gasteiger partial charge >= 0.3 is 6.09 Å². The van der Waals surface area contributed by atoms with E-state index in [1.165, 1.54) is 37.0 Å². The molecule has 8 heteroatoms. The fourth-order valence-electron chi connectivity index (χ4n) is 4.91. The zero-order valence-electron chi connectivity index (χ0n) is 20.1. The molecule has 1 saturated heterocycles. The second kappa shape index (κ2) is 12.5. The van der Waals surface area contributed by atoms with Crippen LogP contribution >= 0.6 is 22.9 Å². The molecule has 1 N–H and O–H groups in total. The quantitative estimate of drug-likeness (QED) is 0.463. The predicted molar refractivity (Wildman–Crippen MR) is 141 cm³/mol. The number of hydrogen-bond acceptors (Lipinski definition) is 5. The molecule has 0 radical (unpaired) electrons. The van der Waals surface area contributed by atoms with Gasteiger partial charge in [-0.15, -0.1) is 11.3 Å². The largest absolute Gasteiger partial charge is 0.415 e. The Balaban J connectivity index is 1.41. The SMILES string of the molecule is C=C(NCc1cccs1)C1CN(C(=O)Oc2ccccc2Cl)CCN1C(=O)CCC1CCCCC1. The Labute approximate surface area is 216 Å². The Bertz CT molecular complexity index is 1010. The summed E-state index contributed by atoms with van der Waals surface area (Å²) in [5.74, 6) is 1.12. The summed E-state index contributed by atoms with van der Waals surface area (Å²) in [5, 5.41) is 5.81. The smallest absolute Gasteiger partial charge is 0.409 e. The topological polar surface area (TPSA) is 61.9 Å². The van der Waals surface area contributed by atoms with Crippen molar-refractivity contribution in [3.05, 3.63) is 64.0 Å². The van der Waals surface area contributed by atoms with E-state index in [0.29, 0.717) is 49.3 Å². The lowest BCUT2D eigenvalue weighted by molar-refractivity contribution is -0.135. The van der Waals surface area contributed by atoms with Gasteiger partial charge in [0.25, 0.3) is 0 Å². The van der Waals surface area contributed by atoms with E-state index in [1.54, 1.807) is 40.5 Å². The zero-order valence-corrected chi connectivity index (χ0v) is 21.7. The van der Waals surface area contributed by atoms with Gasteiger partial charge in [0.2, 0.25) is 5.91 Å². The Morgan fingerprint density at radius 1 is 1.11 bits per heavy atom. The number of halogens is 1. The van der Waals surface area contributed by atoms with Crippen LogP contribution in [0.4, 0.5) is 4.79 Å². The summed E-state index contributed by atoms with van der Waals surface area (Å²) in [5.41, 5.74) is 0.736. The highest BCUT2D eigenvalue weighted by molar-refractivity contribution is 7.09. The molecule has 35 heavy (non-hydrogen) atoms. The molecular weight excluding hydrogens is 482 g/mol. The van der Waals surface area contributed by atoms with E-state index in [9.17, 15) is 9.59 Å². The summed E-state index contributed by atoms with van der Waals surface area (Å²) in [6.45, 7) is 6.08. The Hall–Kier alpha value is -2.51. The molecule has 1 unspecified atom stereocenters. The fraction of sp³-hybridized carbons (Fsp3) is 0.481. The zero-order chi connectivity index (χ0) is 24.6. The number of hydrogen-bond donors (Lipinski definition) is 1. The van der Waals surface area contributed by atoms with Crippen molar-refractivity contribution in [1.29, 1.82) is 0 Å². The third-order valence-electron chi connectivity index (χ3n) is 6.96. The summed E-state index contributed by atoms with van der Waals surface area (Å²) in [4.78, 5) is 31.0. The van der Waals surface area contributed by atoms with Gasteiger partial charge in [-0.2, -0.15) is 0 Å². The maximum absolute atomic E-state index is 13.3. The lowest BCUT2D eigenvalue weighted by Crippen LogP contribution is -2.58. The Kier molecular flexibility index (Phi) is 9.10. The van der Waals surface area contributed by atoms with Gasteiger partial charge in [-0.05, 0) is 35.9 Å². The van der Waals surface area contributed by atoms with E-state index in [1.807, 2.05) is 16.3 Å². The number of nitrogens with zero attached hydrogens (tertiary/aromatic N) is 2. The van der Waals surface area contributed by atoms with E-state index in [4.69, 9.17) is 16.3 Å². The highest BCUT2D eigenvalue weighted by atomic mass is 35.5. The van der Waals surface area contributed by atoms with Crippen molar-refractivity contribution in [1.82, 2.24) is 15.1 Å². The fourth-order valence-corrected chi connectivity index (χ4v) is 5.73. The first-order chi connectivity index (χ1) is 17.0. The number of thiophene rings is 1. The normalized spacial score (nSPS) is 18.8. The molecule has 2 heterocycles. The van der Waals surface area contributed by atoms with Gasteiger partial charge in [0.05, 0.1) is 17.6 Å². The second-order valence-corrected chi connectivity index (χ2v) is 10.8. The van der Waals surface area contributed by atoms with Crippen LogP contribution in [0.25, 0.3) is 0 Å². The molecule has 0 bridgehead atoms. The van der Waals surface area contributed by atoms with Crippen LogP contribution in [-0.4, -0.2) is 47.5 Å². The highest BCUT2D eigenvalue weighted by Gasteiger charge is 2.35. The van der Waals surface area contributed by atoms with Crippen molar-refractivity contribution in [2.45, 2.75) is 57.5 Å². The molecule has 4 rings (SSSR count). The average Bonchev–Trinajstić information content (AvgIpc) is 3.41. The molecule has 2 fully saturated rings. The number of benzene rings is 1. The molecule has 1 aromatic carbocycles. The van der Waals surface area contributed by atoms with Crippen molar-refractivity contribution in [3.8, 4) is 5.75 Å². The second-order valence-electron chi connectivity index (χ2n) is 9.35. The predicted octanol–water partition coefficient (Wildman–Crippen LogP) is 6.08. The van der Waals surface area contributed by atoms with Crippen LogP contribution in [0.1, 0.15) is 49.8 Å². The molecule has 1 aliphatic carbocycles. The molecule has 2 aliphatic rings. The minimum Gasteiger partial charge on any atom is -0.409 e. The van der Waals surface area contributed by atoms with E-state index in [0.717, 1.165) is 12.1 Å². The first-order valence-corrected chi connectivity index (χ1v) is 13.7.